The lowest BCUT2D eigenvalue weighted by atomic mass is 9.88. The van der Waals surface area contributed by atoms with Gasteiger partial charge in [-0.3, -0.25) is 19.5 Å². The highest BCUT2D eigenvalue weighted by molar-refractivity contribution is 7.55. The van der Waals surface area contributed by atoms with E-state index in [4.69, 9.17) is 13.8 Å². The van der Waals surface area contributed by atoms with E-state index in [1.807, 2.05) is 0 Å². The highest BCUT2D eigenvalue weighted by Gasteiger charge is 2.51. The lowest BCUT2D eigenvalue weighted by molar-refractivity contribution is -0.384. The van der Waals surface area contributed by atoms with Crippen LogP contribution in [0.5, 0.6) is 0 Å². The summed E-state index contributed by atoms with van der Waals surface area (Å²) >= 11 is 0. The third kappa shape index (κ3) is 4.26. The number of cyclic esters (lactones) is 1. The Morgan fingerprint density at radius 2 is 1.80 bits per heavy atom. The van der Waals surface area contributed by atoms with Crippen LogP contribution < -0.4 is 0 Å². The lowest BCUT2D eigenvalue weighted by Gasteiger charge is -2.36. The van der Waals surface area contributed by atoms with E-state index in [0.29, 0.717) is 12.0 Å². The summed E-state index contributed by atoms with van der Waals surface area (Å²) < 4.78 is 29.2. The first-order chi connectivity index (χ1) is 11.8. The van der Waals surface area contributed by atoms with Gasteiger partial charge in [0.2, 0.25) is 0 Å². The number of nitro benzene ring substituents is 1. The van der Waals surface area contributed by atoms with E-state index in [1.165, 1.54) is 12.1 Å². The second kappa shape index (κ2) is 8.08. The van der Waals surface area contributed by atoms with Gasteiger partial charge in [0, 0.05) is 18.1 Å². The molecule has 1 fully saturated rings. The number of non-ortho nitro benzene ring substituents is 1. The summed E-state index contributed by atoms with van der Waals surface area (Å²) in [4.78, 5) is 22.8. The van der Waals surface area contributed by atoms with E-state index in [0.717, 1.165) is 0 Å². The Balaban J connectivity index is 2.44. The molecule has 1 aromatic rings. The van der Waals surface area contributed by atoms with Gasteiger partial charge >= 0.3 is 13.6 Å². The molecule has 1 saturated heterocycles. The Bertz CT molecular complexity index is 666. The molecular formula is C16H22NO7P. The largest absolute Gasteiger partial charge is 0.462 e. The highest BCUT2D eigenvalue weighted by atomic mass is 31.2. The standard InChI is InChI=1S/C16H22NO7P/c1-4-22-25(21,23-5-2)15-14(10-11(3)24-16(15)18)12-6-8-13(9-7-12)17(19)20/h6-9,11,14-15H,4-5,10H2,1-3H3/t11-,14+,15+/m0/s1. The van der Waals surface area contributed by atoms with Crippen LogP contribution in [0.25, 0.3) is 0 Å². The molecule has 0 unspecified atom stereocenters. The molecule has 0 aromatic heterocycles. The van der Waals surface area contributed by atoms with Crippen molar-refractivity contribution in [3.05, 3.63) is 39.9 Å². The summed E-state index contributed by atoms with van der Waals surface area (Å²) in [6, 6.07) is 5.87. The Kier molecular flexibility index (Phi) is 6.32. The molecule has 1 heterocycles. The van der Waals surface area contributed by atoms with E-state index >= 15 is 0 Å². The fourth-order valence-electron chi connectivity index (χ4n) is 3.04. The van der Waals surface area contributed by atoms with Crippen molar-refractivity contribution in [2.24, 2.45) is 0 Å². The van der Waals surface area contributed by atoms with Gasteiger partial charge in [-0.05, 0) is 32.8 Å². The molecule has 0 spiro atoms. The maximum absolute atomic E-state index is 13.2. The highest BCUT2D eigenvalue weighted by Crippen LogP contribution is 2.59. The number of hydrogen-bond donors (Lipinski definition) is 0. The number of carbonyl (C=O) groups is 1. The first-order valence-electron chi connectivity index (χ1n) is 8.16. The van der Waals surface area contributed by atoms with Crippen LogP contribution in [-0.2, 0) is 23.1 Å². The van der Waals surface area contributed by atoms with E-state index in [9.17, 15) is 19.5 Å². The molecule has 138 valence electrons. The van der Waals surface area contributed by atoms with Crippen molar-refractivity contribution >= 4 is 19.3 Å². The smallest absolute Gasteiger partial charge is 0.345 e. The number of benzene rings is 1. The maximum Gasteiger partial charge on any atom is 0.345 e. The van der Waals surface area contributed by atoms with Crippen LogP contribution in [0, 0.1) is 10.1 Å². The zero-order chi connectivity index (χ0) is 18.6. The third-order valence-corrected chi connectivity index (χ3v) is 6.50. The number of esters is 1. The number of nitro groups is 1. The van der Waals surface area contributed by atoms with Gasteiger partial charge in [0.05, 0.1) is 24.2 Å². The molecule has 1 aliphatic rings. The molecule has 0 aliphatic carbocycles. The minimum absolute atomic E-state index is 0.0514. The number of rotatable bonds is 7. The summed E-state index contributed by atoms with van der Waals surface area (Å²) in [5, 5.41) is 10.8. The second-order valence-corrected chi connectivity index (χ2v) is 7.91. The lowest BCUT2D eigenvalue weighted by Crippen LogP contribution is -2.40. The zero-order valence-corrected chi connectivity index (χ0v) is 15.3. The Morgan fingerprint density at radius 1 is 1.24 bits per heavy atom. The molecule has 2 rings (SSSR count). The third-order valence-electron chi connectivity index (χ3n) is 4.02. The van der Waals surface area contributed by atoms with Crippen LogP contribution in [0.15, 0.2) is 24.3 Å². The van der Waals surface area contributed by atoms with Crippen molar-refractivity contribution in [1.82, 2.24) is 0 Å². The van der Waals surface area contributed by atoms with Gasteiger partial charge in [0.15, 0.2) is 5.66 Å². The second-order valence-electron chi connectivity index (χ2n) is 5.76. The summed E-state index contributed by atoms with van der Waals surface area (Å²) in [7, 11) is -3.74. The van der Waals surface area contributed by atoms with Gasteiger partial charge in [-0.2, -0.15) is 0 Å². The first-order valence-corrected chi connectivity index (χ1v) is 9.77. The molecule has 3 atom stereocenters. The van der Waals surface area contributed by atoms with Gasteiger partial charge in [-0.15, -0.1) is 0 Å². The van der Waals surface area contributed by atoms with Crippen molar-refractivity contribution in [1.29, 1.82) is 0 Å². The quantitative estimate of drug-likeness (QED) is 0.312. The molecule has 8 nitrogen and oxygen atoms in total. The number of ether oxygens (including phenoxy) is 1. The molecule has 1 aliphatic heterocycles. The molecule has 0 bridgehead atoms. The predicted octanol–water partition coefficient (Wildman–Crippen LogP) is 3.65. The molecule has 0 amide bonds. The average molecular weight is 371 g/mol. The Hall–Kier alpha value is -1.76. The van der Waals surface area contributed by atoms with Gasteiger partial charge in [0.25, 0.3) is 5.69 Å². The molecule has 0 saturated carbocycles. The monoisotopic (exact) mass is 371 g/mol. The van der Waals surface area contributed by atoms with Crippen LogP contribution in [-0.4, -0.2) is 35.9 Å². The number of hydrogen-bond acceptors (Lipinski definition) is 7. The molecule has 0 N–H and O–H groups in total. The minimum Gasteiger partial charge on any atom is -0.462 e. The summed E-state index contributed by atoms with van der Waals surface area (Å²) in [5.74, 6) is -1.10. The average Bonchev–Trinajstić information content (AvgIpc) is 2.54. The number of carbonyl (C=O) groups excluding carboxylic acids is 1. The molecule has 1 aromatic carbocycles. The van der Waals surface area contributed by atoms with Crippen LogP contribution in [0.4, 0.5) is 5.69 Å². The van der Waals surface area contributed by atoms with E-state index in [2.05, 4.69) is 0 Å². The van der Waals surface area contributed by atoms with Crippen LogP contribution in [0.2, 0.25) is 0 Å². The van der Waals surface area contributed by atoms with Crippen molar-refractivity contribution < 1.29 is 28.1 Å². The van der Waals surface area contributed by atoms with Crippen LogP contribution in [0.1, 0.15) is 38.7 Å². The summed E-state index contributed by atoms with van der Waals surface area (Å²) in [6.45, 7) is 5.35. The predicted molar refractivity (Wildman–Crippen MR) is 90.7 cm³/mol. The van der Waals surface area contributed by atoms with Gasteiger partial charge in [0.1, 0.15) is 0 Å². The zero-order valence-electron chi connectivity index (χ0n) is 14.4. The first kappa shape index (κ1) is 19.6. The Morgan fingerprint density at radius 3 is 2.28 bits per heavy atom. The fourth-order valence-corrected chi connectivity index (χ4v) is 5.20. The topological polar surface area (TPSA) is 105 Å². The van der Waals surface area contributed by atoms with Crippen molar-refractivity contribution in [2.45, 2.75) is 44.9 Å². The van der Waals surface area contributed by atoms with Crippen molar-refractivity contribution in [3.63, 3.8) is 0 Å². The van der Waals surface area contributed by atoms with Crippen LogP contribution in [0.3, 0.4) is 0 Å². The summed E-state index contributed by atoms with van der Waals surface area (Å²) in [6.07, 6.45) is 0.0684. The SMILES string of the molecule is CCOP(=O)(OCC)[C@H]1C(=O)O[C@@H](C)C[C@@H]1c1ccc([N+](=O)[O-])cc1. The van der Waals surface area contributed by atoms with Crippen LogP contribution >= 0.6 is 7.60 Å². The normalized spacial score (nSPS) is 24.0. The Labute approximate surface area is 146 Å². The molecular weight excluding hydrogens is 349 g/mol. The maximum atomic E-state index is 13.2. The molecule has 9 heteroatoms. The van der Waals surface area contributed by atoms with E-state index < -0.39 is 30.1 Å². The number of nitrogens with zero attached hydrogens (tertiary/aromatic N) is 1. The van der Waals surface area contributed by atoms with Crippen molar-refractivity contribution in [2.75, 3.05) is 13.2 Å². The van der Waals surface area contributed by atoms with Gasteiger partial charge in [-0.1, -0.05) is 12.1 Å². The van der Waals surface area contributed by atoms with E-state index in [-0.39, 0.29) is 25.0 Å². The van der Waals surface area contributed by atoms with E-state index in [1.54, 1.807) is 32.9 Å². The summed E-state index contributed by atoms with van der Waals surface area (Å²) in [5.41, 5.74) is -0.478. The molecule has 25 heavy (non-hydrogen) atoms. The minimum atomic E-state index is -3.74. The van der Waals surface area contributed by atoms with Gasteiger partial charge < -0.3 is 13.8 Å². The fraction of sp³-hybridized carbons (Fsp3) is 0.562. The van der Waals surface area contributed by atoms with Gasteiger partial charge in [-0.25, -0.2) is 0 Å². The molecule has 0 radical (unpaired) electrons. The van der Waals surface area contributed by atoms with Crippen molar-refractivity contribution in [3.8, 4) is 0 Å².